The monoisotopic (exact) mass is 324 g/mol. The fraction of sp³-hybridized carbons (Fsp3) is 0.308. The second-order valence-electron chi connectivity index (χ2n) is 4.62. The highest BCUT2D eigenvalue weighted by molar-refractivity contribution is 5.95. The topological polar surface area (TPSA) is 96.5 Å². The van der Waals surface area contributed by atoms with E-state index in [-0.39, 0.29) is 18.5 Å². The molecule has 2 rings (SSSR count). The first-order valence-electron chi connectivity index (χ1n) is 6.55. The summed E-state index contributed by atoms with van der Waals surface area (Å²) >= 11 is 0. The fourth-order valence-corrected chi connectivity index (χ4v) is 1.84. The maximum absolute atomic E-state index is 12.1. The third kappa shape index (κ3) is 4.82. The van der Waals surface area contributed by atoms with E-state index in [1.165, 1.54) is 23.1 Å². The number of hydrogen-bond donors (Lipinski definition) is 0. The molecule has 0 unspecified atom stereocenters. The molecule has 1 aromatic heterocycles. The van der Waals surface area contributed by atoms with Crippen LogP contribution >= 0.6 is 0 Å². The van der Waals surface area contributed by atoms with Crippen molar-refractivity contribution in [1.82, 2.24) is 14.8 Å². The molecule has 0 saturated carbocycles. The van der Waals surface area contributed by atoms with Gasteiger partial charge in [-0.2, -0.15) is 18.3 Å². The number of aromatic nitrogens is 3. The Morgan fingerprint density at radius 1 is 1.30 bits per heavy atom. The van der Waals surface area contributed by atoms with Crippen LogP contribution in [0, 0.1) is 0 Å². The summed E-state index contributed by atoms with van der Waals surface area (Å²) in [6.07, 6.45) is -3.78. The van der Waals surface area contributed by atoms with Gasteiger partial charge in [-0.3, -0.25) is 9.48 Å². The number of rotatable bonds is 5. The second-order valence-corrected chi connectivity index (χ2v) is 4.62. The molecule has 7 nitrogen and oxygen atoms in total. The van der Waals surface area contributed by atoms with Crippen molar-refractivity contribution in [2.24, 2.45) is 5.11 Å². The van der Waals surface area contributed by atoms with Gasteiger partial charge in [-0.1, -0.05) is 24.3 Å². The standard InChI is InChI=1S/C13H11F3N6O/c14-13(15,16)6-1-7-22-8-18-11(20-22)9-2-4-10(5-3-9)12(23)19-21-17/h2-5,8H,1,6-7H2. The van der Waals surface area contributed by atoms with Crippen LogP contribution in [0.15, 0.2) is 35.7 Å². The van der Waals surface area contributed by atoms with Gasteiger partial charge in [0.05, 0.1) is 0 Å². The van der Waals surface area contributed by atoms with E-state index in [9.17, 15) is 18.0 Å². The molecule has 0 radical (unpaired) electrons. The number of hydrogen-bond acceptors (Lipinski definition) is 3. The maximum Gasteiger partial charge on any atom is 0.389 e. The summed E-state index contributed by atoms with van der Waals surface area (Å²) in [7, 11) is 0. The minimum atomic E-state index is -4.18. The second kappa shape index (κ2) is 6.93. The van der Waals surface area contributed by atoms with Gasteiger partial charge >= 0.3 is 6.18 Å². The summed E-state index contributed by atoms with van der Waals surface area (Å²) in [5, 5.41) is 7.05. The minimum absolute atomic E-state index is 0.0775. The number of nitrogens with zero attached hydrogens (tertiary/aromatic N) is 6. The predicted molar refractivity (Wildman–Crippen MR) is 74.2 cm³/mol. The normalized spacial score (nSPS) is 11.1. The zero-order chi connectivity index (χ0) is 16.9. The number of carbonyl (C=O) groups excluding carboxylic acids is 1. The van der Waals surface area contributed by atoms with Gasteiger partial charge in [-0.05, 0) is 17.1 Å². The Labute approximate surface area is 128 Å². The van der Waals surface area contributed by atoms with Crippen LogP contribution in [0.5, 0.6) is 0 Å². The van der Waals surface area contributed by atoms with E-state index in [0.29, 0.717) is 11.4 Å². The number of amides is 1. The molecule has 0 N–H and O–H groups in total. The largest absolute Gasteiger partial charge is 0.389 e. The Kier molecular flexibility index (Phi) is 4.97. The van der Waals surface area contributed by atoms with Crippen molar-refractivity contribution in [3.8, 4) is 11.4 Å². The number of halogens is 3. The summed E-state index contributed by atoms with van der Waals surface area (Å²) in [4.78, 5) is 17.8. The van der Waals surface area contributed by atoms with Gasteiger partial charge in [0.15, 0.2) is 5.82 Å². The summed E-state index contributed by atoms with van der Waals surface area (Å²) in [5.41, 5.74) is 9.01. The van der Waals surface area contributed by atoms with Crippen molar-refractivity contribution < 1.29 is 18.0 Å². The van der Waals surface area contributed by atoms with E-state index in [1.807, 2.05) is 0 Å². The lowest BCUT2D eigenvalue weighted by atomic mass is 10.1. The van der Waals surface area contributed by atoms with Crippen LogP contribution in [0.25, 0.3) is 21.8 Å². The average molecular weight is 324 g/mol. The van der Waals surface area contributed by atoms with Crippen LogP contribution in [-0.4, -0.2) is 26.8 Å². The molecule has 0 bridgehead atoms. The van der Waals surface area contributed by atoms with E-state index >= 15 is 0 Å². The van der Waals surface area contributed by atoms with E-state index < -0.39 is 18.5 Å². The van der Waals surface area contributed by atoms with E-state index in [0.717, 1.165) is 0 Å². The van der Waals surface area contributed by atoms with Gasteiger partial charge in [0, 0.05) is 29.0 Å². The molecule has 1 amide bonds. The molecule has 120 valence electrons. The fourth-order valence-electron chi connectivity index (χ4n) is 1.84. The summed E-state index contributed by atoms with van der Waals surface area (Å²) < 4.78 is 37.6. The number of benzene rings is 1. The van der Waals surface area contributed by atoms with Crippen LogP contribution in [0.4, 0.5) is 13.2 Å². The highest BCUT2D eigenvalue weighted by atomic mass is 19.4. The maximum atomic E-state index is 12.1. The minimum Gasteiger partial charge on any atom is -0.287 e. The van der Waals surface area contributed by atoms with Gasteiger partial charge in [0.25, 0.3) is 0 Å². The van der Waals surface area contributed by atoms with Crippen LogP contribution in [-0.2, 0) is 6.54 Å². The summed E-state index contributed by atoms with van der Waals surface area (Å²) in [6, 6.07) is 6.04. The highest BCUT2D eigenvalue weighted by Crippen LogP contribution is 2.22. The summed E-state index contributed by atoms with van der Waals surface area (Å²) in [6.45, 7) is 0.111. The Morgan fingerprint density at radius 2 is 2.00 bits per heavy atom. The molecular formula is C13H11F3N6O. The van der Waals surface area contributed by atoms with Gasteiger partial charge in [0.1, 0.15) is 6.33 Å². The van der Waals surface area contributed by atoms with Crippen molar-refractivity contribution in [3.63, 3.8) is 0 Å². The van der Waals surface area contributed by atoms with Gasteiger partial charge in [0.2, 0.25) is 5.91 Å². The molecule has 2 aromatic rings. The van der Waals surface area contributed by atoms with E-state index in [2.05, 4.69) is 20.1 Å². The van der Waals surface area contributed by atoms with Crippen molar-refractivity contribution in [3.05, 3.63) is 46.6 Å². The van der Waals surface area contributed by atoms with Crippen molar-refractivity contribution in [2.45, 2.75) is 25.6 Å². The zero-order valence-corrected chi connectivity index (χ0v) is 11.7. The van der Waals surface area contributed by atoms with Crippen LogP contribution < -0.4 is 0 Å². The molecule has 0 aliphatic carbocycles. The zero-order valence-electron chi connectivity index (χ0n) is 11.7. The molecule has 0 fully saturated rings. The smallest absolute Gasteiger partial charge is 0.287 e. The third-order valence-electron chi connectivity index (χ3n) is 2.91. The first kappa shape index (κ1) is 16.5. The number of aryl methyl sites for hydroxylation is 1. The third-order valence-corrected chi connectivity index (χ3v) is 2.91. The Balaban J connectivity index is 2.02. The van der Waals surface area contributed by atoms with Crippen LogP contribution in [0.1, 0.15) is 23.2 Å². The molecule has 23 heavy (non-hydrogen) atoms. The predicted octanol–water partition coefficient (Wildman–Crippen LogP) is 3.74. The van der Waals surface area contributed by atoms with Crippen molar-refractivity contribution >= 4 is 5.91 Å². The Hall–Kier alpha value is -2.87. The van der Waals surface area contributed by atoms with Crippen LogP contribution in [0.2, 0.25) is 0 Å². The van der Waals surface area contributed by atoms with E-state index in [1.54, 1.807) is 12.1 Å². The molecule has 0 aliphatic rings. The average Bonchev–Trinajstić information content (AvgIpc) is 2.95. The van der Waals surface area contributed by atoms with E-state index in [4.69, 9.17) is 5.53 Å². The number of carbonyl (C=O) groups is 1. The molecule has 0 aliphatic heterocycles. The molecule has 1 heterocycles. The number of azide groups is 1. The Morgan fingerprint density at radius 3 is 2.61 bits per heavy atom. The molecular weight excluding hydrogens is 313 g/mol. The molecule has 0 saturated heterocycles. The lowest BCUT2D eigenvalue weighted by Crippen LogP contribution is -2.09. The summed E-state index contributed by atoms with van der Waals surface area (Å²) in [5.74, 6) is -0.371. The molecule has 0 spiro atoms. The molecule has 10 heteroatoms. The first-order chi connectivity index (χ1) is 10.9. The highest BCUT2D eigenvalue weighted by Gasteiger charge is 2.26. The first-order valence-corrected chi connectivity index (χ1v) is 6.55. The lowest BCUT2D eigenvalue weighted by Gasteiger charge is -2.05. The van der Waals surface area contributed by atoms with Gasteiger partial charge in [-0.15, -0.1) is 0 Å². The van der Waals surface area contributed by atoms with Gasteiger partial charge in [-0.25, -0.2) is 4.98 Å². The Bertz CT molecular complexity index is 731. The van der Waals surface area contributed by atoms with Gasteiger partial charge < -0.3 is 0 Å². The number of alkyl halides is 3. The SMILES string of the molecule is [N-]=[N+]=NC(=O)c1ccc(-c2ncn(CCCC(F)(F)F)n2)cc1. The van der Waals surface area contributed by atoms with Crippen molar-refractivity contribution in [2.75, 3.05) is 0 Å². The molecule has 0 atom stereocenters. The lowest BCUT2D eigenvalue weighted by molar-refractivity contribution is -0.136. The van der Waals surface area contributed by atoms with Crippen molar-refractivity contribution in [1.29, 1.82) is 0 Å². The van der Waals surface area contributed by atoms with Crippen LogP contribution in [0.3, 0.4) is 0 Å². The quantitative estimate of drug-likeness (QED) is 0.476. The molecule has 1 aromatic carbocycles.